The highest BCUT2D eigenvalue weighted by Crippen LogP contribution is 2.40. The highest BCUT2D eigenvalue weighted by molar-refractivity contribution is 6.36. The van der Waals surface area contributed by atoms with Gasteiger partial charge in [-0.3, -0.25) is 9.36 Å². The topological polar surface area (TPSA) is 53.5 Å². The summed E-state index contributed by atoms with van der Waals surface area (Å²) in [6, 6.07) is 7.56. The molecular formula is C19H18Cl2N6. The number of nitrogens with zero attached hydrogens (tertiary/aromatic N) is 6. The quantitative estimate of drug-likeness (QED) is 0.504. The Morgan fingerprint density at radius 1 is 0.852 bits per heavy atom. The molecule has 0 aliphatic rings. The summed E-state index contributed by atoms with van der Waals surface area (Å²) in [7, 11) is 3.79. The molecule has 0 amide bonds. The molecule has 0 aliphatic carbocycles. The van der Waals surface area contributed by atoms with Crippen molar-refractivity contribution < 1.29 is 0 Å². The highest BCUT2D eigenvalue weighted by Gasteiger charge is 2.25. The van der Waals surface area contributed by atoms with Gasteiger partial charge in [-0.05, 0) is 26.0 Å². The van der Waals surface area contributed by atoms with Gasteiger partial charge in [0.1, 0.15) is 5.69 Å². The number of hydrogen-bond donors (Lipinski definition) is 0. The SMILES string of the molecule is Cc1c(-c2nn(-c3ccccc3Cl)c(-c3cnn(C)c3C)c2Cl)cnn1C. The highest BCUT2D eigenvalue weighted by atomic mass is 35.5. The Hall–Kier alpha value is -2.57. The molecule has 0 fully saturated rings. The molecule has 0 N–H and O–H groups in total. The van der Waals surface area contributed by atoms with Crippen LogP contribution in [0.4, 0.5) is 0 Å². The Balaban J connectivity index is 2.06. The van der Waals surface area contributed by atoms with Gasteiger partial charge in [-0.15, -0.1) is 0 Å². The van der Waals surface area contributed by atoms with Gasteiger partial charge in [-0.2, -0.15) is 15.3 Å². The van der Waals surface area contributed by atoms with Gasteiger partial charge in [0.25, 0.3) is 0 Å². The number of halogens is 2. The van der Waals surface area contributed by atoms with Crippen molar-refractivity contribution in [3.63, 3.8) is 0 Å². The van der Waals surface area contributed by atoms with Gasteiger partial charge in [0.2, 0.25) is 0 Å². The number of benzene rings is 1. The van der Waals surface area contributed by atoms with Crippen molar-refractivity contribution in [3.8, 4) is 28.2 Å². The first-order valence-electron chi connectivity index (χ1n) is 8.41. The number of hydrogen-bond acceptors (Lipinski definition) is 3. The van der Waals surface area contributed by atoms with Crippen LogP contribution in [-0.4, -0.2) is 29.3 Å². The van der Waals surface area contributed by atoms with Crippen LogP contribution in [0.15, 0.2) is 36.7 Å². The third-order valence-corrected chi connectivity index (χ3v) is 5.57. The molecule has 4 aromatic rings. The maximum Gasteiger partial charge on any atom is 0.115 e. The molecule has 138 valence electrons. The summed E-state index contributed by atoms with van der Waals surface area (Å²) in [6.45, 7) is 3.99. The summed E-state index contributed by atoms with van der Waals surface area (Å²) < 4.78 is 5.40. The number of aromatic nitrogens is 6. The average molecular weight is 401 g/mol. The Morgan fingerprint density at radius 3 is 2.00 bits per heavy atom. The second-order valence-corrected chi connectivity index (χ2v) is 7.19. The van der Waals surface area contributed by atoms with Crippen LogP contribution in [0.1, 0.15) is 11.4 Å². The number of rotatable bonds is 3. The summed E-state index contributed by atoms with van der Waals surface area (Å²) in [6.07, 6.45) is 3.58. The summed E-state index contributed by atoms with van der Waals surface area (Å²) in [5.74, 6) is 0. The lowest BCUT2D eigenvalue weighted by Crippen LogP contribution is -2.01. The van der Waals surface area contributed by atoms with E-state index in [1.165, 1.54) is 0 Å². The lowest BCUT2D eigenvalue weighted by atomic mass is 10.1. The Kier molecular flexibility index (Phi) is 4.32. The van der Waals surface area contributed by atoms with E-state index in [2.05, 4.69) is 10.2 Å². The molecule has 0 spiro atoms. The predicted octanol–water partition coefficient (Wildman–Crippen LogP) is 4.60. The molecule has 4 rings (SSSR count). The van der Waals surface area contributed by atoms with Crippen LogP contribution in [0.2, 0.25) is 10.0 Å². The Bertz CT molecular complexity index is 1150. The Labute approximate surface area is 166 Å². The first kappa shape index (κ1) is 17.8. The van der Waals surface area contributed by atoms with Gasteiger partial charge >= 0.3 is 0 Å². The van der Waals surface area contributed by atoms with E-state index in [0.717, 1.165) is 33.9 Å². The van der Waals surface area contributed by atoms with Crippen molar-refractivity contribution in [3.05, 3.63) is 58.1 Å². The van der Waals surface area contributed by atoms with Gasteiger partial charge in [-0.1, -0.05) is 35.3 Å². The number of para-hydroxylation sites is 1. The molecular weight excluding hydrogens is 383 g/mol. The van der Waals surface area contributed by atoms with Crippen molar-refractivity contribution in [1.29, 1.82) is 0 Å². The van der Waals surface area contributed by atoms with Crippen molar-refractivity contribution in [2.45, 2.75) is 13.8 Å². The molecule has 0 bridgehead atoms. The van der Waals surface area contributed by atoms with Crippen LogP contribution >= 0.6 is 23.2 Å². The fraction of sp³-hybridized carbons (Fsp3) is 0.211. The van der Waals surface area contributed by atoms with Crippen molar-refractivity contribution >= 4 is 23.2 Å². The standard InChI is InChI=1S/C19H18Cl2N6/c1-11-13(9-22-25(11)3)18-17(21)19(14-10-23-26(4)12(14)2)27(24-18)16-8-6-5-7-15(16)20/h5-10H,1-4H3. The molecule has 27 heavy (non-hydrogen) atoms. The second kappa shape index (κ2) is 6.55. The van der Waals surface area contributed by atoms with E-state index < -0.39 is 0 Å². The van der Waals surface area contributed by atoms with E-state index in [9.17, 15) is 0 Å². The van der Waals surface area contributed by atoms with Crippen molar-refractivity contribution in [2.75, 3.05) is 0 Å². The molecule has 1 aromatic carbocycles. The molecule has 0 unspecified atom stereocenters. The van der Waals surface area contributed by atoms with Crippen LogP contribution in [-0.2, 0) is 14.1 Å². The Morgan fingerprint density at radius 2 is 1.44 bits per heavy atom. The van der Waals surface area contributed by atoms with Gasteiger partial charge in [0.05, 0.1) is 33.8 Å². The van der Waals surface area contributed by atoms with E-state index in [1.54, 1.807) is 21.8 Å². The minimum absolute atomic E-state index is 0.544. The monoisotopic (exact) mass is 400 g/mol. The third-order valence-electron chi connectivity index (χ3n) is 4.89. The van der Waals surface area contributed by atoms with Crippen LogP contribution in [0.3, 0.4) is 0 Å². The van der Waals surface area contributed by atoms with Crippen molar-refractivity contribution in [1.82, 2.24) is 29.3 Å². The molecule has 0 saturated carbocycles. The molecule has 3 aromatic heterocycles. The zero-order valence-electron chi connectivity index (χ0n) is 15.4. The van der Waals surface area contributed by atoms with Crippen LogP contribution in [0, 0.1) is 13.8 Å². The normalized spacial score (nSPS) is 11.3. The number of aryl methyl sites for hydroxylation is 2. The summed E-state index contributed by atoms with van der Waals surface area (Å²) in [4.78, 5) is 0. The molecule has 8 heteroatoms. The summed E-state index contributed by atoms with van der Waals surface area (Å²) in [5.41, 5.74) is 5.94. The van der Waals surface area contributed by atoms with E-state index in [4.69, 9.17) is 28.3 Å². The van der Waals surface area contributed by atoms with Gasteiger partial charge in [-0.25, -0.2) is 4.68 Å². The first-order valence-corrected chi connectivity index (χ1v) is 9.17. The average Bonchev–Trinajstić information content (AvgIpc) is 3.26. The van der Waals surface area contributed by atoms with E-state index in [-0.39, 0.29) is 0 Å². The minimum Gasteiger partial charge on any atom is -0.272 e. The van der Waals surface area contributed by atoms with E-state index >= 15 is 0 Å². The third kappa shape index (κ3) is 2.76. The minimum atomic E-state index is 0.544. The van der Waals surface area contributed by atoms with Gasteiger partial charge in [0.15, 0.2) is 0 Å². The zero-order chi connectivity index (χ0) is 19.3. The van der Waals surface area contributed by atoms with Gasteiger partial charge in [0, 0.05) is 36.6 Å². The van der Waals surface area contributed by atoms with Crippen LogP contribution in [0.5, 0.6) is 0 Å². The molecule has 0 saturated heterocycles. The molecule has 0 radical (unpaired) electrons. The van der Waals surface area contributed by atoms with Crippen molar-refractivity contribution in [2.24, 2.45) is 14.1 Å². The largest absolute Gasteiger partial charge is 0.272 e. The fourth-order valence-electron chi connectivity index (χ4n) is 3.06. The van der Waals surface area contributed by atoms with Crippen LogP contribution < -0.4 is 0 Å². The smallest absolute Gasteiger partial charge is 0.115 e. The zero-order valence-corrected chi connectivity index (χ0v) is 16.9. The van der Waals surface area contributed by atoms with Crippen LogP contribution in [0.25, 0.3) is 28.2 Å². The van der Waals surface area contributed by atoms with Gasteiger partial charge < -0.3 is 0 Å². The maximum absolute atomic E-state index is 6.86. The summed E-state index contributed by atoms with van der Waals surface area (Å²) >= 11 is 13.3. The molecule has 0 aliphatic heterocycles. The molecule has 3 heterocycles. The predicted molar refractivity (Wildman–Crippen MR) is 107 cm³/mol. The maximum atomic E-state index is 6.86. The van der Waals surface area contributed by atoms with E-state index in [0.29, 0.717) is 15.7 Å². The molecule has 6 nitrogen and oxygen atoms in total. The lowest BCUT2D eigenvalue weighted by Gasteiger charge is -2.09. The second-order valence-electron chi connectivity index (χ2n) is 6.41. The first-order chi connectivity index (χ1) is 12.9. The molecule has 0 atom stereocenters. The van der Waals surface area contributed by atoms with E-state index in [1.807, 2.05) is 56.9 Å². The fourth-order valence-corrected chi connectivity index (χ4v) is 3.60. The lowest BCUT2D eigenvalue weighted by molar-refractivity contribution is 0.740. The summed E-state index contributed by atoms with van der Waals surface area (Å²) in [5, 5.41) is 14.6.